The predicted molar refractivity (Wildman–Crippen MR) is 84.6 cm³/mol. The number of sulfonamides is 1. The highest BCUT2D eigenvalue weighted by atomic mass is 79.9. The van der Waals surface area contributed by atoms with Gasteiger partial charge in [-0.1, -0.05) is 18.5 Å². The quantitative estimate of drug-likeness (QED) is 0.843. The van der Waals surface area contributed by atoms with Crippen LogP contribution in [0.3, 0.4) is 0 Å². The minimum Gasteiger partial charge on any atom is -0.316 e. The highest BCUT2D eigenvalue weighted by molar-refractivity contribution is 9.10. The molecule has 1 heterocycles. The average molecular weight is 382 g/mol. The molecule has 1 saturated heterocycles. The maximum absolute atomic E-state index is 12.3. The lowest BCUT2D eigenvalue weighted by Gasteiger charge is -2.34. The molecule has 0 aliphatic carbocycles. The Morgan fingerprint density at radius 1 is 1.50 bits per heavy atom. The van der Waals surface area contributed by atoms with E-state index in [2.05, 4.69) is 32.9 Å². The van der Waals surface area contributed by atoms with Crippen molar-refractivity contribution >= 4 is 37.6 Å². The number of halogens is 2. The molecule has 0 amide bonds. The molecule has 0 aromatic heterocycles. The predicted octanol–water partition coefficient (Wildman–Crippen LogP) is 2.77. The van der Waals surface area contributed by atoms with Gasteiger partial charge in [0, 0.05) is 17.6 Å². The van der Waals surface area contributed by atoms with Crippen molar-refractivity contribution in [3.05, 3.63) is 27.7 Å². The van der Waals surface area contributed by atoms with Gasteiger partial charge < -0.3 is 5.32 Å². The molecule has 2 N–H and O–H groups in total. The van der Waals surface area contributed by atoms with Gasteiger partial charge in [0.1, 0.15) is 0 Å². The lowest BCUT2D eigenvalue weighted by molar-refractivity contribution is 0.238. The lowest BCUT2D eigenvalue weighted by Crippen LogP contribution is -2.45. The molecule has 1 fully saturated rings. The molecule has 0 spiro atoms. The van der Waals surface area contributed by atoms with Crippen molar-refractivity contribution in [2.45, 2.75) is 24.7 Å². The summed E-state index contributed by atoms with van der Waals surface area (Å²) < 4.78 is 27.8. The van der Waals surface area contributed by atoms with Gasteiger partial charge in [0.2, 0.25) is 10.0 Å². The summed E-state index contributed by atoms with van der Waals surface area (Å²) >= 11 is 9.12. The molecule has 1 atom stereocenters. The highest BCUT2D eigenvalue weighted by Gasteiger charge is 2.28. The standard InChI is InChI=1S/C13H18BrClN2O2S/c1-13(5-2-6-16-8-13)9-17-20(18,19)10-3-4-12(15)11(14)7-10/h3-4,7,16-17H,2,5-6,8-9H2,1H3. The van der Waals surface area contributed by atoms with Crippen molar-refractivity contribution in [3.63, 3.8) is 0 Å². The lowest BCUT2D eigenvalue weighted by atomic mass is 9.83. The molecule has 7 heteroatoms. The van der Waals surface area contributed by atoms with Crippen LogP contribution in [0.2, 0.25) is 5.02 Å². The first-order valence-corrected chi connectivity index (χ1v) is 9.13. The van der Waals surface area contributed by atoms with E-state index >= 15 is 0 Å². The molecule has 1 aromatic carbocycles. The number of hydrogen-bond acceptors (Lipinski definition) is 3. The van der Waals surface area contributed by atoms with E-state index < -0.39 is 10.0 Å². The zero-order valence-electron chi connectivity index (χ0n) is 11.2. The fourth-order valence-electron chi connectivity index (χ4n) is 2.27. The third-order valence-corrected chi connectivity index (χ3v) is 6.19. The molecule has 112 valence electrons. The fraction of sp³-hybridized carbons (Fsp3) is 0.538. The Morgan fingerprint density at radius 2 is 2.25 bits per heavy atom. The maximum atomic E-state index is 12.3. The van der Waals surface area contributed by atoms with Crippen LogP contribution in [-0.4, -0.2) is 28.1 Å². The van der Waals surface area contributed by atoms with E-state index in [0.717, 1.165) is 25.9 Å². The van der Waals surface area contributed by atoms with Crippen LogP contribution in [0.15, 0.2) is 27.6 Å². The van der Waals surface area contributed by atoms with Crippen LogP contribution in [0.1, 0.15) is 19.8 Å². The Morgan fingerprint density at radius 3 is 2.85 bits per heavy atom. The molecule has 20 heavy (non-hydrogen) atoms. The maximum Gasteiger partial charge on any atom is 0.240 e. The summed E-state index contributed by atoms with van der Waals surface area (Å²) in [5, 5.41) is 3.80. The van der Waals surface area contributed by atoms with Crippen LogP contribution in [0.5, 0.6) is 0 Å². The second-order valence-electron chi connectivity index (χ2n) is 5.49. The first kappa shape index (κ1) is 16.2. The van der Waals surface area contributed by atoms with Crippen molar-refractivity contribution in [1.82, 2.24) is 10.0 Å². The smallest absolute Gasteiger partial charge is 0.240 e. The van der Waals surface area contributed by atoms with Crippen molar-refractivity contribution in [2.24, 2.45) is 5.41 Å². The number of benzene rings is 1. The topological polar surface area (TPSA) is 58.2 Å². The Hall–Kier alpha value is -0.140. The van der Waals surface area contributed by atoms with Gasteiger partial charge >= 0.3 is 0 Å². The minimum atomic E-state index is -3.50. The van der Waals surface area contributed by atoms with Gasteiger partial charge in [-0.15, -0.1) is 0 Å². The largest absolute Gasteiger partial charge is 0.316 e. The summed E-state index contributed by atoms with van der Waals surface area (Å²) in [5.74, 6) is 0. The summed E-state index contributed by atoms with van der Waals surface area (Å²) in [6.45, 7) is 4.37. The average Bonchev–Trinajstić information content (AvgIpc) is 2.41. The van der Waals surface area contributed by atoms with E-state index in [9.17, 15) is 8.42 Å². The number of nitrogens with one attached hydrogen (secondary N) is 2. The van der Waals surface area contributed by atoms with Crippen molar-refractivity contribution < 1.29 is 8.42 Å². The summed E-state index contributed by atoms with van der Waals surface area (Å²) in [6.07, 6.45) is 2.09. The molecule has 1 aliphatic heterocycles. The Bertz CT molecular complexity index is 586. The molecule has 0 saturated carbocycles. The van der Waals surface area contributed by atoms with Crippen molar-refractivity contribution in [1.29, 1.82) is 0 Å². The van der Waals surface area contributed by atoms with Gasteiger partial charge in [0.15, 0.2) is 0 Å². The number of hydrogen-bond donors (Lipinski definition) is 2. The molecule has 0 bridgehead atoms. The van der Waals surface area contributed by atoms with E-state index in [0.29, 0.717) is 16.0 Å². The van der Waals surface area contributed by atoms with Gasteiger partial charge in [0.25, 0.3) is 0 Å². The molecular formula is C13H18BrClN2O2S. The molecule has 1 aromatic rings. The minimum absolute atomic E-state index is 0.0328. The van der Waals surface area contributed by atoms with Gasteiger partial charge in [0.05, 0.1) is 9.92 Å². The van der Waals surface area contributed by atoms with Gasteiger partial charge in [-0.25, -0.2) is 13.1 Å². The van der Waals surface area contributed by atoms with Crippen LogP contribution in [0, 0.1) is 5.41 Å². The van der Waals surface area contributed by atoms with E-state index in [1.807, 2.05) is 0 Å². The zero-order valence-corrected chi connectivity index (χ0v) is 14.4. The molecule has 1 unspecified atom stereocenters. The number of piperidine rings is 1. The van der Waals surface area contributed by atoms with E-state index in [1.54, 1.807) is 6.07 Å². The Kier molecular flexibility index (Phi) is 5.13. The summed E-state index contributed by atoms with van der Waals surface area (Å²) in [5.41, 5.74) is -0.0328. The SMILES string of the molecule is CC1(CNS(=O)(=O)c2ccc(Cl)c(Br)c2)CCCNC1. The summed E-state index contributed by atoms with van der Waals surface area (Å²) in [6, 6.07) is 4.60. The first-order valence-electron chi connectivity index (χ1n) is 6.48. The van der Waals surface area contributed by atoms with Gasteiger partial charge in [-0.05, 0) is 58.9 Å². The monoisotopic (exact) mass is 380 g/mol. The third kappa shape index (κ3) is 3.95. The van der Waals surface area contributed by atoms with Crippen LogP contribution in [0.25, 0.3) is 0 Å². The van der Waals surface area contributed by atoms with E-state index in [1.165, 1.54) is 12.1 Å². The van der Waals surface area contributed by atoms with Gasteiger partial charge in [-0.2, -0.15) is 0 Å². The van der Waals surface area contributed by atoms with Crippen LogP contribution < -0.4 is 10.0 Å². The van der Waals surface area contributed by atoms with Crippen molar-refractivity contribution in [2.75, 3.05) is 19.6 Å². The highest BCUT2D eigenvalue weighted by Crippen LogP contribution is 2.27. The van der Waals surface area contributed by atoms with Crippen molar-refractivity contribution in [3.8, 4) is 0 Å². The Balaban J connectivity index is 2.09. The Labute approximate surface area is 133 Å². The number of rotatable bonds is 4. The molecule has 2 rings (SSSR count). The first-order chi connectivity index (χ1) is 9.32. The normalized spacial score (nSPS) is 23.8. The van der Waals surface area contributed by atoms with E-state index in [-0.39, 0.29) is 10.3 Å². The molecular weight excluding hydrogens is 364 g/mol. The zero-order chi connectivity index (χ0) is 14.8. The second kappa shape index (κ2) is 6.32. The van der Waals surface area contributed by atoms with Crippen LogP contribution in [0.4, 0.5) is 0 Å². The fourth-order valence-corrected chi connectivity index (χ4v) is 4.14. The van der Waals surface area contributed by atoms with Crippen LogP contribution in [-0.2, 0) is 10.0 Å². The third-order valence-electron chi connectivity index (χ3n) is 3.58. The molecule has 0 radical (unpaired) electrons. The summed E-state index contributed by atoms with van der Waals surface area (Å²) in [4.78, 5) is 0.223. The molecule has 1 aliphatic rings. The van der Waals surface area contributed by atoms with E-state index in [4.69, 9.17) is 11.6 Å². The summed E-state index contributed by atoms with van der Waals surface area (Å²) in [7, 11) is -3.50. The molecule has 4 nitrogen and oxygen atoms in total. The second-order valence-corrected chi connectivity index (χ2v) is 8.52. The van der Waals surface area contributed by atoms with Gasteiger partial charge in [-0.3, -0.25) is 0 Å². The van der Waals surface area contributed by atoms with Crippen LogP contribution >= 0.6 is 27.5 Å².